The molecule has 2 aliphatic rings. The van der Waals surface area contributed by atoms with Crippen LogP contribution < -0.4 is 5.32 Å². The number of alkyl halides is 3. The Balaban J connectivity index is 1.91. The van der Waals surface area contributed by atoms with Crippen molar-refractivity contribution in [2.75, 3.05) is 0 Å². The van der Waals surface area contributed by atoms with Gasteiger partial charge >= 0.3 is 6.18 Å². The maximum atomic E-state index is 13.0. The van der Waals surface area contributed by atoms with Crippen molar-refractivity contribution >= 4 is 0 Å². The van der Waals surface area contributed by atoms with E-state index in [0.29, 0.717) is 18.9 Å². The van der Waals surface area contributed by atoms with E-state index in [-0.39, 0.29) is 6.04 Å². The topological polar surface area (TPSA) is 12.0 Å². The highest BCUT2D eigenvalue weighted by Crippen LogP contribution is 2.38. The van der Waals surface area contributed by atoms with E-state index in [1.165, 1.54) is 6.42 Å². The quantitative estimate of drug-likeness (QED) is 0.723. The first kappa shape index (κ1) is 15.1. The summed E-state index contributed by atoms with van der Waals surface area (Å²) in [4.78, 5) is 0. The zero-order valence-corrected chi connectivity index (χ0v) is 11.8. The molecule has 0 aromatic carbocycles. The molecule has 0 bridgehead atoms. The van der Waals surface area contributed by atoms with Crippen molar-refractivity contribution in [2.45, 2.75) is 83.0 Å². The van der Waals surface area contributed by atoms with Gasteiger partial charge in [0.2, 0.25) is 0 Å². The van der Waals surface area contributed by atoms with Gasteiger partial charge < -0.3 is 5.32 Å². The normalized spacial score (nSPS) is 37.9. The van der Waals surface area contributed by atoms with Crippen LogP contribution in [-0.2, 0) is 0 Å². The van der Waals surface area contributed by atoms with Gasteiger partial charge in [0.05, 0.1) is 5.92 Å². The van der Waals surface area contributed by atoms with E-state index in [1.807, 2.05) is 0 Å². The maximum Gasteiger partial charge on any atom is 0.393 e. The molecule has 0 aliphatic heterocycles. The highest BCUT2D eigenvalue weighted by molar-refractivity contribution is 4.88. The molecule has 2 rings (SSSR count). The van der Waals surface area contributed by atoms with Crippen molar-refractivity contribution in [3.63, 3.8) is 0 Å². The smallest absolute Gasteiger partial charge is 0.311 e. The Morgan fingerprint density at radius 3 is 2.32 bits per heavy atom. The molecule has 0 heterocycles. The molecule has 2 fully saturated rings. The van der Waals surface area contributed by atoms with Crippen molar-refractivity contribution < 1.29 is 13.2 Å². The van der Waals surface area contributed by atoms with Crippen LogP contribution in [-0.4, -0.2) is 18.3 Å². The molecule has 0 aromatic heterocycles. The minimum absolute atomic E-state index is 0.304. The van der Waals surface area contributed by atoms with Gasteiger partial charge in [-0.3, -0.25) is 0 Å². The molecule has 0 radical (unpaired) electrons. The van der Waals surface area contributed by atoms with Crippen LogP contribution in [0.1, 0.15) is 64.7 Å². The monoisotopic (exact) mass is 277 g/mol. The molecule has 1 N–H and O–H groups in total. The number of rotatable bonds is 2. The molecule has 2 aliphatic carbocycles. The number of nitrogens with one attached hydrogen (secondary N) is 1. The number of hydrogen-bond acceptors (Lipinski definition) is 1. The maximum absolute atomic E-state index is 13.0. The summed E-state index contributed by atoms with van der Waals surface area (Å²) in [6.07, 6.45) is 4.26. The molecule has 0 amide bonds. The minimum Gasteiger partial charge on any atom is -0.311 e. The first-order valence-corrected chi connectivity index (χ1v) is 7.79. The van der Waals surface area contributed by atoms with Gasteiger partial charge in [-0.2, -0.15) is 13.2 Å². The molecule has 1 nitrogen and oxygen atoms in total. The lowest BCUT2D eigenvalue weighted by Gasteiger charge is -2.36. The summed E-state index contributed by atoms with van der Waals surface area (Å²) < 4.78 is 39.1. The van der Waals surface area contributed by atoms with Crippen LogP contribution in [0.3, 0.4) is 0 Å². The Bertz CT molecular complexity index is 277. The average molecular weight is 277 g/mol. The van der Waals surface area contributed by atoms with Gasteiger partial charge in [0.15, 0.2) is 0 Å². The lowest BCUT2D eigenvalue weighted by Crippen LogP contribution is -2.49. The van der Waals surface area contributed by atoms with Gasteiger partial charge in [-0.1, -0.05) is 32.6 Å². The van der Waals surface area contributed by atoms with Crippen molar-refractivity contribution in [2.24, 2.45) is 11.8 Å². The van der Waals surface area contributed by atoms with E-state index in [1.54, 1.807) is 0 Å². The highest BCUT2D eigenvalue weighted by atomic mass is 19.4. The fraction of sp³-hybridized carbons (Fsp3) is 1.00. The third-order valence-corrected chi connectivity index (χ3v) is 4.89. The summed E-state index contributed by atoms with van der Waals surface area (Å²) in [5.74, 6) is -0.390. The fourth-order valence-electron chi connectivity index (χ4n) is 3.68. The Kier molecular flexibility index (Phi) is 5.15. The molecule has 19 heavy (non-hydrogen) atoms. The van der Waals surface area contributed by atoms with Gasteiger partial charge in [-0.15, -0.1) is 0 Å². The second kappa shape index (κ2) is 6.47. The van der Waals surface area contributed by atoms with Crippen LogP contribution in [0.4, 0.5) is 13.2 Å². The molecule has 4 heteroatoms. The molecule has 0 saturated heterocycles. The second-order valence-electron chi connectivity index (χ2n) is 6.52. The van der Waals surface area contributed by atoms with Gasteiger partial charge in [-0.25, -0.2) is 0 Å². The Morgan fingerprint density at radius 2 is 1.58 bits per heavy atom. The molecule has 0 spiro atoms. The predicted octanol–water partition coefficient (Wildman–Crippen LogP) is 4.67. The zero-order chi connectivity index (χ0) is 13.9. The largest absolute Gasteiger partial charge is 0.393 e. The summed E-state index contributed by atoms with van der Waals surface area (Å²) in [7, 11) is 0. The van der Waals surface area contributed by atoms with Crippen LogP contribution in [0.5, 0.6) is 0 Å². The van der Waals surface area contributed by atoms with E-state index >= 15 is 0 Å². The number of halogens is 3. The van der Waals surface area contributed by atoms with E-state index in [2.05, 4.69) is 12.2 Å². The zero-order valence-electron chi connectivity index (χ0n) is 11.8. The van der Waals surface area contributed by atoms with Gasteiger partial charge in [0.1, 0.15) is 0 Å². The SMILES string of the molecule is CC1CCCC(NC2CCCCC2C(F)(F)F)CC1. The van der Waals surface area contributed by atoms with E-state index in [4.69, 9.17) is 0 Å². The lowest BCUT2D eigenvalue weighted by atomic mass is 9.83. The molecule has 0 aromatic rings. The predicted molar refractivity (Wildman–Crippen MR) is 71.0 cm³/mol. The van der Waals surface area contributed by atoms with Crippen molar-refractivity contribution in [3.8, 4) is 0 Å². The summed E-state index contributed by atoms with van der Waals surface area (Å²) in [6.45, 7) is 2.25. The third kappa shape index (κ3) is 4.37. The Hall–Kier alpha value is -0.250. The second-order valence-corrected chi connectivity index (χ2v) is 6.52. The first-order valence-electron chi connectivity index (χ1n) is 7.79. The summed E-state index contributed by atoms with van der Waals surface area (Å²) in [5.41, 5.74) is 0. The van der Waals surface area contributed by atoms with Crippen molar-refractivity contribution in [1.82, 2.24) is 5.32 Å². The summed E-state index contributed by atoms with van der Waals surface area (Å²) in [5, 5.41) is 3.35. The van der Waals surface area contributed by atoms with Gasteiger partial charge in [0, 0.05) is 12.1 Å². The van der Waals surface area contributed by atoms with Crippen molar-refractivity contribution in [3.05, 3.63) is 0 Å². The van der Waals surface area contributed by atoms with E-state index < -0.39 is 12.1 Å². The first-order chi connectivity index (χ1) is 8.97. The summed E-state index contributed by atoms with van der Waals surface area (Å²) in [6, 6.07) is -0.0370. The van der Waals surface area contributed by atoms with Crippen molar-refractivity contribution in [1.29, 1.82) is 0 Å². The summed E-state index contributed by atoms with van der Waals surface area (Å²) >= 11 is 0. The molecule has 4 unspecified atom stereocenters. The van der Waals surface area contributed by atoms with Crippen LogP contribution in [0, 0.1) is 11.8 Å². The highest BCUT2D eigenvalue weighted by Gasteiger charge is 2.45. The molecule has 2 saturated carbocycles. The molecular formula is C15H26F3N. The fourth-order valence-corrected chi connectivity index (χ4v) is 3.68. The standard InChI is InChI=1S/C15H26F3N/c1-11-5-4-6-12(10-9-11)19-14-8-3-2-7-13(14)15(16,17)18/h11-14,19H,2-10H2,1H3. The van der Waals surface area contributed by atoms with Crippen LogP contribution in [0.15, 0.2) is 0 Å². The molecular weight excluding hydrogens is 251 g/mol. The molecule has 4 atom stereocenters. The molecule has 112 valence electrons. The minimum atomic E-state index is -4.03. The van der Waals surface area contributed by atoms with Gasteiger partial charge in [-0.05, 0) is 38.0 Å². The van der Waals surface area contributed by atoms with Crippen LogP contribution in [0.2, 0.25) is 0 Å². The van der Waals surface area contributed by atoms with Gasteiger partial charge in [0.25, 0.3) is 0 Å². The van der Waals surface area contributed by atoms with Crippen LogP contribution in [0.25, 0.3) is 0 Å². The van der Waals surface area contributed by atoms with Crippen LogP contribution >= 0.6 is 0 Å². The van der Waals surface area contributed by atoms with E-state index in [0.717, 1.165) is 44.4 Å². The van der Waals surface area contributed by atoms with E-state index in [9.17, 15) is 13.2 Å². The Labute approximate surface area is 114 Å². The third-order valence-electron chi connectivity index (χ3n) is 4.89. The number of hydrogen-bond donors (Lipinski definition) is 1. The Morgan fingerprint density at radius 1 is 0.842 bits per heavy atom. The lowest BCUT2D eigenvalue weighted by molar-refractivity contribution is -0.189. The average Bonchev–Trinajstić information content (AvgIpc) is 2.54.